The Bertz CT molecular complexity index is 887. The molecule has 2 aromatic rings. The zero-order chi connectivity index (χ0) is 20.0. The Morgan fingerprint density at radius 1 is 1.27 bits per heavy atom. The molecule has 0 radical (unpaired) electrons. The van der Waals surface area contributed by atoms with Crippen molar-refractivity contribution in [2.75, 3.05) is 11.5 Å². The number of hydrogen-bond donors (Lipinski definition) is 0. The first-order valence-electron chi connectivity index (χ1n) is 6.53. The first-order valence-corrected chi connectivity index (χ1v) is 10.8. The Hall–Kier alpha value is -0.810. The second kappa shape index (κ2) is 6.37. The third-order valence-electron chi connectivity index (χ3n) is 3.28. The highest BCUT2D eigenvalue weighted by Gasteiger charge is 2.65. The van der Waals surface area contributed by atoms with Crippen LogP contribution >= 0.6 is 56.0 Å². The quantitative estimate of drug-likeness (QED) is 0.234. The van der Waals surface area contributed by atoms with Crippen molar-refractivity contribution in [1.82, 2.24) is 9.78 Å². The molecule has 0 aliphatic carbocycles. The van der Waals surface area contributed by atoms with Gasteiger partial charge in [0, 0.05) is 23.3 Å². The van der Waals surface area contributed by atoms with E-state index in [0.29, 0.717) is 9.99 Å². The molecular weight excluding hydrogens is 539 g/mol. The summed E-state index contributed by atoms with van der Waals surface area (Å²) in [7, 11) is -8.54. The fraction of sp³-hybridized carbons (Fsp3) is 0.231. The number of ether oxygens (including phenoxy) is 1. The molecule has 0 saturated heterocycles. The lowest BCUT2D eigenvalue weighted by Gasteiger charge is -2.40. The lowest BCUT2D eigenvalue weighted by molar-refractivity contribution is 0.125. The van der Waals surface area contributed by atoms with Crippen molar-refractivity contribution in [3.63, 3.8) is 0 Å². The van der Waals surface area contributed by atoms with Gasteiger partial charge in [-0.25, -0.2) is 4.68 Å². The van der Waals surface area contributed by atoms with Gasteiger partial charge >= 0.3 is 10.2 Å². The van der Waals surface area contributed by atoms with E-state index in [1.54, 1.807) is 0 Å². The maximum atomic E-state index is 13.0. The van der Waals surface area contributed by atoms with E-state index in [2.05, 4.69) is 5.10 Å². The van der Waals surface area contributed by atoms with Crippen molar-refractivity contribution in [2.45, 2.75) is 11.0 Å². The van der Waals surface area contributed by atoms with Gasteiger partial charge in [0.05, 0.1) is 16.1 Å². The van der Waals surface area contributed by atoms with Crippen LogP contribution in [-0.2, 0) is 4.74 Å². The lowest BCUT2D eigenvalue weighted by atomic mass is 10.2. The maximum absolute atomic E-state index is 13.0. The predicted octanol–water partition coefficient (Wildman–Crippen LogP) is 6.83. The number of alkyl halides is 1. The van der Waals surface area contributed by atoms with Gasteiger partial charge in [-0.1, -0.05) is 65.2 Å². The van der Waals surface area contributed by atoms with Crippen LogP contribution in [0, 0.1) is 11.3 Å². The molecule has 0 spiro atoms. The fourth-order valence-electron chi connectivity index (χ4n) is 2.08. The largest absolute Gasteiger partial charge is 0.376 e. The second-order valence-corrected chi connectivity index (χ2v) is 9.18. The summed E-state index contributed by atoms with van der Waals surface area (Å²) in [5.41, 5.74) is 0.0377. The molecule has 4 nitrogen and oxygen atoms in total. The first-order chi connectivity index (χ1) is 11.7. The molecule has 0 fully saturated rings. The maximum Gasteiger partial charge on any atom is 0.310 e. The summed E-state index contributed by atoms with van der Waals surface area (Å²) in [5, 5.41) is 11.7. The molecule has 1 atom stereocenters. The fourth-order valence-corrected chi connectivity index (χ4v) is 4.39. The van der Waals surface area contributed by atoms with E-state index in [1.807, 2.05) is 28.7 Å². The van der Waals surface area contributed by atoms with Gasteiger partial charge in [0.15, 0.2) is 5.69 Å². The molecule has 0 amide bonds. The number of aromatic nitrogens is 2. The molecule has 0 N–H and O–H groups in total. The topological polar surface area (TPSA) is 50.8 Å². The summed E-state index contributed by atoms with van der Waals surface area (Å²) in [6, 6.07) is 2.00. The zero-order valence-electron chi connectivity index (χ0n) is 12.7. The van der Waals surface area contributed by atoms with E-state index in [1.165, 1.54) is 13.3 Å². The highest BCUT2D eigenvalue weighted by atomic mass is 127. The van der Waals surface area contributed by atoms with E-state index in [-0.39, 0.29) is 23.5 Å². The normalized spacial score (nSPS) is 15.8. The molecule has 1 aromatic heterocycles. The van der Waals surface area contributed by atoms with Crippen LogP contribution in [0.1, 0.15) is 17.4 Å². The summed E-state index contributed by atoms with van der Waals surface area (Å²) >= 11 is 13.6. The molecule has 26 heavy (non-hydrogen) atoms. The molecule has 0 bridgehead atoms. The Labute approximate surface area is 168 Å². The summed E-state index contributed by atoms with van der Waals surface area (Å²) in [6.07, 6.45) is 0.790. The van der Waals surface area contributed by atoms with Crippen LogP contribution in [0.3, 0.4) is 0 Å². The number of nitrogens with zero attached hydrogens (tertiary/aromatic N) is 3. The standard InChI is InChI=1S/C13H9Cl2F5IN3OS/c1-25-12(4-21)8-6-24(23-11(8)5-22)13-9(14)2-7(3-10(13)15)26(16,17,18,19)20/h2-3,6,12H,4H2,1H3. The van der Waals surface area contributed by atoms with Crippen molar-refractivity contribution in [3.05, 3.63) is 39.6 Å². The van der Waals surface area contributed by atoms with Crippen molar-refractivity contribution in [2.24, 2.45) is 0 Å². The average Bonchev–Trinajstić information content (AvgIpc) is 2.89. The Morgan fingerprint density at radius 2 is 1.81 bits per heavy atom. The Kier molecular flexibility index (Phi) is 5.27. The molecule has 0 aliphatic rings. The highest BCUT2D eigenvalue weighted by Crippen LogP contribution is 3.02. The second-order valence-electron chi connectivity index (χ2n) is 5.07. The van der Waals surface area contributed by atoms with Crippen LogP contribution in [0.5, 0.6) is 0 Å². The average molecular weight is 548 g/mol. The molecule has 0 aliphatic heterocycles. The molecule has 1 heterocycles. The first kappa shape index (κ1) is 21.5. The number of benzene rings is 1. The Balaban J connectivity index is 2.67. The third-order valence-corrected chi connectivity index (χ3v) is 5.79. The van der Waals surface area contributed by atoms with E-state index in [9.17, 15) is 24.7 Å². The van der Waals surface area contributed by atoms with E-state index in [0.717, 1.165) is 4.68 Å². The van der Waals surface area contributed by atoms with Gasteiger partial charge in [-0.05, 0) is 12.1 Å². The van der Waals surface area contributed by atoms with Crippen LogP contribution in [0.25, 0.3) is 5.69 Å². The minimum Gasteiger partial charge on any atom is -0.376 e. The minimum absolute atomic E-state index is 0.0579. The third kappa shape index (κ3) is 4.36. The molecule has 1 unspecified atom stereocenters. The van der Waals surface area contributed by atoms with Crippen LogP contribution in [0.2, 0.25) is 10.0 Å². The van der Waals surface area contributed by atoms with Crippen molar-refractivity contribution in [3.8, 4) is 11.8 Å². The van der Waals surface area contributed by atoms with E-state index in [4.69, 9.17) is 27.9 Å². The van der Waals surface area contributed by atoms with Crippen molar-refractivity contribution < 1.29 is 24.2 Å². The van der Waals surface area contributed by atoms with Crippen molar-refractivity contribution in [1.29, 1.82) is 5.26 Å². The molecule has 2 rings (SSSR count). The lowest BCUT2D eigenvalue weighted by Crippen LogP contribution is -2.07. The SMILES string of the molecule is COC(CI)c1cn(-c2c(Cl)cc(S(F)(F)(F)(F)F)cc2Cl)nc1C#N. The van der Waals surface area contributed by atoms with Gasteiger partial charge < -0.3 is 4.74 Å². The van der Waals surface area contributed by atoms with Crippen LogP contribution in [-0.4, -0.2) is 21.3 Å². The van der Waals surface area contributed by atoms with E-state index < -0.39 is 31.3 Å². The zero-order valence-corrected chi connectivity index (χ0v) is 17.2. The molecule has 0 saturated carbocycles. The van der Waals surface area contributed by atoms with Gasteiger partial charge in [-0.3, -0.25) is 0 Å². The van der Waals surface area contributed by atoms with Gasteiger partial charge in [-0.2, -0.15) is 10.4 Å². The van der Waals surface area contributed by atoms with Crippen LogP contribution in [0.4, 0.5) is 19.4 Å². The van der Waals surface area contributed by atoms with Crippen LogP contribution in [0.15, 0.2) is 23.2 Å². The van der Waals surface area contributed by atoms with Gasteiger partial charge in [0.1, 0.15) is 16.7 Å². The molecule has 13 heteroatoms. The smallest absolute Gasteiger partial charge is 0.310 e. The monoisotopic (exact) mass is 547 g/mol. The number of hydrogen-bond acceptors (Lipinski definition) is 3. The van der Waals surface area contributed by atoms with Crippen molar-refractivity contribution >= 4 is 56.0 Å². The molecular formula is C13H9Cl2F5IN3OS. The summed E-state index contributed by atoms with van der Waals surface area (Å²) < 4.78 is 71.4. The van der Waals surface area contributed by atoms with E-state index >= 15 is 0 Å². The van der Waals surface area contributed by atoms with Gasteiger partial charge in [0.25, 0.3) is 0 Å². The Morgan fingerprint density at radius 3 is 2.19 bits per heavy atom. The number of methoxy groups -OCH3 is 1. The molecule has 1 aromatic carbocycles. The summed E-state index contributed by atoms with van der Waals surface area (Å²) in [4.78, 5) is -2.21. The van der Waals surface area contributed by atoms with Crippen LogP contribution < -0.4 is 0 Å². The van der Waals surface area contributed by atoms with Gasteiger partial charge in [-0.15, -0.1) is 0 Å². The highest BCUT2D eigenvalue weighted by molar-refractivity contribution is 14.1. The summed E-state index contributed by atoms with van der Waals surface area (Å²) in [5.74, 6) is 0. The number of halogens is 8. The number of nitriles is 1. The summed E-state index contributed by atoms with van der Waals surface area (Å²) in [6.45, 7) is 0. The predicted molar refractivity (Wildman–Crippen MR) is 98.3 cm³/mol. The molecule has 144 valence electrons. The number of rotatable bonds is 5. The van der Waals surface area contributed by atoms with Gasteiger partial charge in [0.2, 0.25) is 0 Å². The minimum atomic E-state index is -9.95.